The highest BCUT2D eigenvalue weighted by atomic mass is 32.2. The molecule has 0 spiro atoms. The molecular formula is C16H19NO5S. The Hall–Kier alpha value is -2.12. The van der Waals surface area contributed by atoms with Gasteiger partial charge in [-0.05, 0) is 49.6 Å². The van der Waals surface area contributed by atoms with Crippen molar-refractivity contribution in [2.75, 3.05) is 6.54 Å². The van der Waals surface area contributed by atoms with Gasteiger partial charge in [0, 0.05) is 6.54 Å². The maximum atomic E-state index is 12.2. The second kappa shape index (κ2) is 6.55. The summed E-state index contributed by atoms with van der Waals surface area (Å²) in [6.07, 6.45) is 3.63. The lowest BCUT2D eigenvalue weighted by Crippen LogP contribution is -2.29. The standard InChI is InChI=1S/C16H19NO5S/c1-16(2,15(18)19)13-3-5-14(6-4-13)23(20,21)17-9-7-12-8-10-22-11-12/h3-6,8,10-11,17H,7,9H2,1-2H3,(H,18,19). The molecule has 0 aliphatic carbocycles. The van der Waals surface area contributed by atoms with Crippen LogP contribution in [0.15, 0.2) is 52.2 Å². The van der Waals surface area contributed by atoms with Crippen molar-refractivity contribution < 1.29 is 22.7 Å². The Labute approximate surface area is 135 Å². The number of nitrogens with one attached hydrogen (secondary N) is 1. The molecule has 0 fully saturated rings. The lowest BCUT2D eigenvalue weighted by atomic mass is 9.85. The largest absolute Gasteiger partial charge is 0.481 e. The highest BCUT2D eigenvalue weighted by molar-refractivity contribution is 7.89. The quantitative estimate of drug-likeness (QED) is 0.807. The van der Waals surface area contributed by atoms with E-state index in [9.17, 15) is 18.3 Å². The van der Waals surface area contributed by atoms with Crippen LogP contribution in [0.4, 0.5) is 0 Å². The fourth-order valence-electron chi connectivity index (χ4n) is 2.02. The molecule has 23 heavy (non-hydrogen) atoms. The second-order valence-corrected chi connectivity index (χ2v) is 7.50. The van der Waals surface area contributed by atoms with Crippen molar-refractivity contribution in [3.05, 3.63) is 54.0 Å². The van der Waals surface area contributed by atoms with Crippen LogP contribution in [0.25, 0.3) is 0 Å². The SMILES string of the molecule is CC(C)(C(=O)O)c1ccc(S(=O)(=O)NCCc2ccoc2)cc1. The van der Waals surface area contributed by atoms with Crippen LogP contribution in [0.3, 0.4) is 0 Å². The molecule has 0 atom stereocenters. The van der Waals surface area contributed by atoms with Crippen LogP contribution in [-0.4, -0.2) is 26.0 Å². The Morgan fingerprint density at radius 3 is 2.39 bits per heavy atom. The van der Waals surface area contributed by atoms with Gasteiger partial charge in [-0.1, -0.05) is 12.1 Å². The number of hydrogen-bond acceptors (Lipinski definition) is 4. The average Bonchev–Trinajstić information content (AvgIpc) is 3.00. The Balaban J connectivity index is 2.07. The molecule has 0 bridgehead atoms. The lowest BCUT2D eigenvalue weighted by Gasteiger charge is -2.19. The van der Waals surface area contributed by atoms with E-state index < -0.39 is 21.4 Å². The van der Waals surface area contributed by atoms with Crippen molar-refractivity contribution in [2.24, 2.45) is 0 Å². The Kier molecular flexibility index (Phi) is 4.91. The molecule has 2 aromatic rings. The summed E-state index contributed by atoms with van der Waals surface area (Å²) in [6, 6.07) is 7.66. The van der Waals surface area contributed by atoms with Gasteiger partial charge in [0.1, 0.15) is 0 Å². The van der Waals surface area contributed by atoms with Gasteiger partial charge in [-0.3, -0.25) is 4.79 Å². The van der Waals surface area contributed by atoms with Gasteiger partial charge in [0.2, 0.25) is 10.0 Å². The van der Waals surface area contributed by atoms with E-state index in [-0.39, 0.29) is 11.4 Å². The number of rotatable bonds is 7. The van der Waals surface area contributed by atoms with Crippen molar-refractivity contribution >= 4 is 16.0 Å². The zero-order chi connectivity index (χ0) is 17.1. The predicted molar refractivity (Wildman–Crippen MR) is 84.7 cm³/mol. The maximum Gasteiger partial charge on any atom is 0.313 e. The van der Waals surface area contributed by atoms with Gasteiger partial charge in [0.05, 0.1) is 22.8 Å². The number of aliphatic carboxylic acids is 1. The molecule has 0 amide bonds. The Morgan fingerprint density at radius 2 is 1.87 bits per heavy atom. The summed E-state index contributed by atoms with van der Waals surface area (Å²) in [7, 11) is -3.62. The first-order valence-corrected chi connectivity index (χ1v) is 8.56. The maximum absolute atomic E-state index is 12.2. The molecule has 0 unspecified atom stereocenters. The number of carbonyl (C=O) groups is 1. The smallest absolute Gasteiger partial charge is 0.313 e. The fraction of sp³-hybridized carbons (Fsp3) is 0.312. The third kappa shape index (κ3) is 4.00. The van der Waals surface area contributed by atoms with E-state index in [0.717, 1.165) is 5.56 Å². The van der Waals surface area contributed by atoms with Gasteiger partial charge in [-0.2, -0.15) is 0 Å². The van der Waals surface area contributed by atoms with Gasteiger partial charge >= 0.3 is 5.97 Å². The normalized spacial score (nSPS) is 12.3. The monoisotopic (exact) mass is 337 g/mol. The summed E-state index contributed by atoms with van der Waals surface area (Å²) < 4.78 is 31.8. The Morgan fingerprint density at radius 1 is 1.22 bits per heavy atom. The van der Waals surface area contributed by atoms with E-state index >= 15 is 0 Å². The van der Waals surface area contributed by atoms with E-state index in [1.165, 1.54) is 30.5 Å². The molecule has 7 heteroatoms. The van der Waals surface area contributed by atoms with Crippen molar-refractivity contribution in [2.45, 2.75) is 30.6 Å². The van der Waals surface area contributed by atoms with E-state index in [4.69, 9.17) is 4.42 Å². The summed E-state index contributed by atoms with van der Waals surface area (Å²) in [5.41, 5.74) is 0.380. The highest BCUT2D eigenvalue weighted by Crippen LogP contribution is 2.24. The van der Waals surface area contributed by atoms with E-state index in [0.29, 0.717) is 12.0 Å². The molecule has 0 aliphatic rings. The molecule has 1 heterocycles. The highest BCUT2D eigenvalue weighted by Gasteiger charge is 2.29. The fourth-order valence-corrected chi connectivity index (χ4v) is 3.05. The summed E-state index contributed by atoms with van der Waals surface area (Å²) in [5.74, 6) is -0.966. The van der Waals surface area contributed by atoms with Crippen LogP contribution in [0.5, 0.6) is 0 Å². The summed E-state index contributed by atoms with van der Waals surface area (Å²) in [6.45, 7) is 3.40. The molecule has 0 saturated heterocycles. The van der Waals surface area contributed by atoms with Gasteiger partial charge in [-0.15, -0.1) is 0 Å². The van der Waals surface area contributed by atoms with Crippen molar-refractivity contribution in [3.63, 3.8) is 0 Å². The van der Waals surface area contributed by atoms with E-state index in [2.05, 4.69) is 4.72 Å². The first kappa shape index (κ1) is 17.2. The van der Waals surface area contributed by atoms with Crippen molar-refractivity contribution in [1.29, 1.82) is 0 Å². The number of carboxylic acids is 1. The third-order valence-electron chi connectivity index (χ3n) is 3.71. The number of sulfonamides is 1. The molecule has 6 nitrogen and oxygen atoms in total. The molecule has 1 aromatic heterocycles. The van der Waals surface area contributed by atoms with Gasteiger partial charge in [0.15, 0.2) is 0 Å². The van der Waals surface area contributed by atoms with E-state index in [1.54, 1.807) is 26.2 Å². The molecule has 2 rings (SSSR count). The van der Waals surface area contributed by atoms with Crippen LogP contribution in [-0.2, 0) is 26.7 Å². The molecule has 0 saturated carbocycles. The number of carboxylic acid groups (broad SMARTS) is 1. The minimum absolute atomic E-state index is 0.106. The van der Waals surface area contributed by atoms with Crippen LogP contribution in [0.2, 0.25) is 0 Å². The number of furan rings is 1. The van der Waals surface area contributed by atoms with Gasteiger partial charge in [-0.25, -0.2) is 13.1 Å². The first-order valence-electron chi connectivity index (χ1n) is 7.08. The molecule has 0 aliphatic heterocycles. The van der Waals surface area contributed by atoms with Crippen molar-refractivity contribution in [1.82, 2.24) is 4.72 Å². The van der Waals surface area contributed by atoms with E-state index in [1.807, 2.05) is 0 Å². The van der Waals surface area contributed by atoms with Gasteiger partial charge < -0.3 is 9.52 Å². The molecule has 124 valence electrons. The Bertz CT molecular complexity index is 761. The van der Waals surface area contributed by atoms with Crippen LogP contribution >= 0.6 is 0 Å². The minimum Gasteiger partial charge on any atom is -0.481 e. The second-order valence-electron chi connectivity index (χ2n) is 5.73. The minimum atomic E-state index is -3.62. The van der Waals surface area contributed by atoms with Crippen LogP contribution in [0.1, 0.15) is 25.0 Å². The summed E-state index contributed by atoms with van der Waals surface area (Å²) >= 11 is 0. The summed E-state index contributed by atoms with van der Waals surface area (Å²) in [5, 5.41) is 9.19. The van der Waals surface area contributed by atoms with Crippen molar-refractivity contribution in [3.8, 4) is 0 Å². The van der Waals surface area contributed by atoms with Crippen LogP contribution < -0.4 is 4.72 Å². The molecular weight excluding hydrogens is 318 g/mol. The topological polar surface area (TPSA) is 96.6 Å². The first-order chi connectivity index (χ1) is 10.7. The summed E-state index contributed by atoms with van der Waals surface area (Å²) in [4.78, 5) is 11.3. The number of benzene rings is 1. The van der Waals surface area contributed by atoms with Crippen LogP contribution in [0, 0.1) is 0 Å². The average molecular weight is 337 g/mol. The predicted octanol–water partition coefficient (Wildman–Crippen LogP) is 2.16. The molecule has 0 radical (unpaired) electrons. The third-order valence-corrected chi connectivity index (χ3v) is 5.18. The molecule has 1 aromatic carbocycles. The van der Waals surface area contributed by atoms with Gasteiger partial charge in [0.25, 0.3) is 0 Å². The zero-order valence-corrected chi connectivity index (χ0v) is 13.8. The number of hydrogen-bond donors (Lipinski definition) is 2. The lowest BCUT2D eigenvalue weighted by molar-refractivity contribution is -0.142. The zero-order valence-electron chi connectivity index (χ0n) is 12.9. The molecule has 2 N–H and O–H groups in total.